The van der Waals surface area contributed by atoms with Crippen LogP contribution in [-0.2, 0) is 22.2 Å². The number of non-ortho nitro benzene ring substituents is 1. The number of hydrogen-bond acceptors (Lipinski definition) is 5. The molecule has 0 saturated heterocycles. The van der Waals surface area contributed by atoms with E-state index in [0.717, 1.165) is 12.1 Å². The maximum Gasteiger partial charge on any atom is 0.416 e. The van der Waals surface area contributed by atoms with Gasteiger partial charge in [-0.1, -0.05) is 24.3 Å². The van der Waals surface area contributed by atoms with Crippen LogP contribution in [0.15, 0.2) is 48.5 Å². The molecule has 0 spiro atoms. The second-order valence-electron chi connectivity index (χ2n) is 6.11. The molecule has 4 N–H and O–H groups in total. The molecule has 0 bridgehead atoms. The Morgan fingerprint density at radius 2 is 1.66 bits per heavy atom. The summed E-state index contributed by atoms with van der Waals surface area (Å²) in [5, 5.41) is 22.9. The quantitative estimate of drug-likeness (QED) is 0.472. The Hall–Kier alpha value is -3.47. The Morgan fingerprint density at radius 1 is 1.10 bits per heavy atom. The topological polar surface area (TPSA) is 136 Å². The summed E-state index contributed by atoms with van der Waals surface area (Å²) in [6, 6.07) is 7.28. The number of alkyl halides is 3. The Balaban J connectivity index is 2.08. The minimum absolute atomic E-state index is 0.0984. The molecule has 0 radical (unpaired) electrons. The number of nitrogens with one attached hydrogen (secondary N) is 1. The highest BCUT2D eigenvalue weighted by Crippen LogP contribution is 2.30. The molecule has 29 heavy (non-hydrogen) atoms. The van der Waals surface area contributed by atoms with Crippen LogP contribution in [0.1, 0.15) is 22.8 Å². The fraction of sp³-hybridized carbons (Fsp3) is 0.222. The first-order chi connectivity index (χ1) is 13.5. The third kappa shape index (κ3) is 5.75. The number of aliphatic hydroxyl groups is 1. The van der Waals surface area contributed by atoms with Gasteiger partial charge in [-0.25, -0.2) is 0 Å². The van der Waals surface area contributed by atoms with Crippen LogP contribution >= 0.6 is 0 Å². The minimum atomic E-state index is -4.56. The number of rotatable bonds is 7. The smallest absolute Gasteiger partial charge is 0.378 e. The zero-order valence-electron chi connectivity index (χ0n) is 14.7. The van der Waals surface area contributed by atoms with Crippen molar-refractivity contribution < 1.29 is 32.8 Å². The van der Waals surface area contributed by atoms with Gasteiger partial charge in [0.1, 0.15) is 6.04 Å². The van der Waals surface area contributed by atoms with Gasteiger partial charge in [-0.15, -0.1) is 0 Å². The van der Waals surface area contributed by atoms with Crippen LogP contribution in [0.5, 0.6) is 0 Å². The van der Waals surface area contributed by atoms with Crippen molar-refractivity contribution in [2.75, 3.05) is 0 Å². The fourth-order valence-electron chi connectivity index (χ4n) is 2.47. The second-order valence-corrected chi connectivity index (χ2v) is 6.11. The molecule has 2 rings (SSSR count). The summed E-state index contributed by atoms with van der Waals surface area (Å²) in [6.07, 6.45) is -6.48. The second kappa shape index (κ2) is 8.69. The monoisotopic (exact) mass is 411 g/mol. The van der Waals surface area contributed by atoms with Gasteiger partial charge in [0.25, 0.3) is 11.6 Å². The van der Waals surface area contributed by atoms with E-state index < -0.39 is 40.6 Å². The third-order valence-electron chi connectivity index (χ3n) is 4.05. The van der Waals surface area contributed by atoms with E-state index in [0.29, 0.717) is 17.7 Å². The number of primary amides is 1. The van der Waals surface area contributed by atoms with Crippen molar-refractivity contribution in [3.05, 3.63) is 75.3 Å². The number of benzene rings is 2. The summed E-state index contributed by atoms with van der Waals surface area (Å²) in [4.78, 5) is 33.9. The highest BCUT2D eigenvalue weighted by molar-refractivity contribution is 5.89. The number of halogens is 3. The number of nitrogens with zero attached hydrogens (tertiary/aromatic N) is 1. The van der Waals surface area contributed by atoms with Gasteiger partial charge in [-0.3, -0.25) is 19.7 Å². The Kier molecular flexibility index (Phi) is 6.54. The normalized spacial score (nSPS) is 13.4. The van der Waals surface area contributed by atoms with E-state index in [2.05, 4.69) is 5.32 Å². The predicted octanol–water partition coefficient (Wildman–Crippen LogP) is 1.86. The highest BCUT2D eigenvalue weighted by atomic mass is 19.4. The molecule has 2 amide bonds. The lowest BCUT2D eigenvalue weighted by Gasteiger charge is -2.18. The molecule has 0 aliphatic heterocycles. The Bertz CT molecular complexity index is 898. The van der Waals surface area contributed by atoms with Gasteiger partial charge in [0.15, 0.2) is 6.10 Å². The van der Waals surface area contributed by atoms with E-state index in [1.54, 1.807) is 0 Å². The van der Waals surface area contributed by atoms with Gasteiger partial charge in [0, 0.05) is 18.6 Å². The first-order valence-electron chi connectivity index (χ1n) is 8.17. The molecule has 0 aliphatic rings. The van der Waals surface area contributed by atoms with Gasteiger partial charge < -0.3 is 16.2 Å². The molecule has 0 fully saturated rings. The van der Waals surface area contributed by atoms with Gasteiger partial charge in [-0.2, -0.15) is 13.2 Å². The largest absolute Gasteiger partial charge is 0.416 e. The van der Waals surface area contributed by atoms with Crippen LogP contribution in [0, 0.1) is 10.1 Å². The minimum Gasteiger partial charge on any atom is -0.378 e. The summed E-state index contributed by atoms with van der Waals surface area (Å²) in [5.74, 6) is -1.95. The van der Waals surface area contributed by atoms with Crippen molar-refractivity contribution in [1.29, 1.82) is 0 Å². The summed E-state index contributed by atoms with van der Waals surface area (Å²) in [7, 11) is 0. The van der Waals surface area contributed by atoms with Gasteiger partial charge in [0.2, 0.25) is 5.91 Å². The van der Waals surface area contributed by atoms with E-state index in [1.807, 2.05) is 0 Å². The number of carbonyl (C=O) groups excluding carboxylic acids is 2. The van der Waals surface area contributed by atoms with Crippen LogP contribution in [0.4, 0.5) is 18.9 Å². The predicted molar refractivity (Wildman–Crippen MR) is 94.3 cm³/mol. The molecule has 0 unspecified atom stereocenters. The van der Waals surface area contributed by atoms with Crippen molar-refractivity contribution in [2.24, 2.45) is 5.73 Å². The van der Waals surface area contributed by atoms with Crippen LogP contribution in [0.2, 0.25) is 0 Å². The highest BCUT2D eigenvalue weighted by Gasteiger charge is 2.31. The number of carbonyl (C=O) groups is 2. The van der Waals surface area contributed by atoms with Crippen LogP contribution in [0.3, 0.4) is 0 Å². The van der Waals surface area contributed by atoms with Gasteiger partial charge in [-0.05, 0) is 23.3 Å². The maximum atomic E-state index is 12.6. The molecular weight excluding hydrogens is 395 g/mol. The SMILES string of the molecule is NC(=O)[C@@H](Cc1ccc([N+](=O)[O-])cc1)NC(=O)[C@H](O)c1ccc(C(F)(F)F)cc1. The van der Waals surface area contributed by atoms with E-state index >= 15 is 0 Å². The van der Waals surface area contributed by atoms with Crippen molar-refractivity contribution in [1.82, 2.24) is 5.32 Å². The molecule has 0 saturated carbocycles. The molecule has 0 aromatic heterocycles. The zero-order valence-corrected chi connectivity index (χ0v) is 14.7. The van der Waals surface area contributed by atoms with Crippen molar-refractivity contribution in [3.8, 4) is 0 Å². The molecule has 11 heteroatoms. The molecule has 2 atom stereocenters. The van der Waals surface area contributed by atoms with E-state index in [4.69, 9.17) is 5.73 Å². The lowest BCUT2D eigenvalue weighted by molar-refractivity contribution is -0.384. The summed E-state index contributed by atoms with van der Waals surface area (Å²) >= 11 is 0. The van der Waals surface area contributed by atoms with Crippen molar-refractivity contribution in [3.63, 3.8) is 0 Å². The first-order valence-corrected chi connectivity index (χ1v) is 8.17. The maximum absolute atomic E-state index is 12.6. The molecule has 0 aliphatic carbocycles. The van der Waals surface area contributed by atoms with Crippen LogP contribution in [0.25, 0.3) is 0 Å². The van der Waals surface area contributed by atoms with Gasteiger partial charge >= 0.3 is 6.18 Å². The molecule has 2 aromatic rings. The third-order valence-corrected chi connectivity index (χ3v) is 4.05. The summed E-state index contributed by atoms with van der Waals surface area (Å²) in [5.41, 5.74) is 4.50. The zero-order chi connectivity index (χ0) is 21.8. The average Bonchev–Trinajstić information content (AvgIpc) is 2.66. The van der Waals surface area contributed by atoms with E-state index in [9.17, 15) is 38.0 Å². The molecule has 154 valence electrons. The summed E-state index contributed by atoms with van der Waals surface area (Å²) < 4.78 is 37.8. The van der Waals surface area contributed by atoms with Crippen molar-refractivity contribution >= 4 is 17.5 Å². The Morgan fingerprint density at radius 3 is 2.10 bits per heavy atom. The molecule has 8 nitrogen and oxygen atoms in total. The number of nitrogens with two attached hydrogens (primary N) is 1. The van der Waals surface area contributed by atoms with Gasteiger partial charge in [0.05, 0.1) is 10.5 Å². The van der Waals surface area contributed by atoms with E-state index in [1.165, 1.54) is 24.3 Å². The standard InChI is InChI=1S/C18H16F3N3O5/c19-18(20,21)12-5-3-11(4-6-12)15(25)17(27)23-14(16(22)26)9-10-1-7-13(8-2-10)24(28)29/h1-8,14-15,25H,9H2,(H2,22,26)(H,23,27)/t14-,15-/m1/s1. The number of nitro benzene ring substituents is 1. The van der Waals surface area contributed by atoms with Crippen LogP contribution < -0.4 is 11.1 Å². The Labute approximate surface area is 162 Å². The summed E-state index contributed by atoms with van der Waals surface area (Å²) in [6.45, 7) is 0. The lowest BCUT2D eigenvalue weighted by atomic mass is 10.0. The van der Waals surface area contributed by atoms with E-state index in [-0.39, 0.29) is 17.7 Å². The molecular formula is C18H16F3N3O5. The number of nitro groups is 1. The van der Waals surface area contributed by atoms with Crippen molar-refractivity contribution in [2.45, 2.75) is 24.7 Å². The number of hydrogen-bond donors (Lipinski definition) is 3. The number of aliphatic hydroxyl groups excluding tert-OH is 1. The number of amides is 2. The lowest BCUT2D eigenvalue weighted by Crippen LogP contribution is -2.47. The molecule has 0 heterocycles. The average molecular weight is 411 g/mol. The fourth-order valence-corrected chi connectivity index (χ4v) is 2.47. The van der Waals surface area contributed by atoms with Crippen LogP contribution in [-0.4, -0.2) is 27.9 Å². The molecule has 2 aromatic carbocycles. The first kappa shape index (κ1) is 21.8.